The van der Waals surface area contributed by atoms with Gasteiger partial charge in [0.25, 0.3) is 5.91 Å². The molecule has 0 bridgehead atoms. The maximum atomic E-state index is 14.4. The van der Waals surface area contributed by atoms with Gasteiger partial charge in [-0.2, -0.15) is 4.31 Å². The average Bonchev–Trinajstić information content (AvgIpc) is 2.74. The second-order valence-corrected chi connectivity index (χ2v) is 9.14. The highest BCUT2D eigenvalue weighted by Crippen LogP contribution is 2.26. The highest BCUT2D eigenvalue weighted by molar-refractivity contribution is 7.89. The molecule has 1 saturated heterocycles. The average molecular weight is 434 g/mol. The van der Waals surface area contributed by atoms with E-state index in [1.165, 1.54) is 6.07 Å². The van der Waals surface area contributed by atoms with E-state index < -0.39 is 38.5 Å². The van der Waals surface area contributed by atoms with Crippen LogP contribution in [-0.2, 0) is 21.2 Å². The third kappa shape index (κ3) is 4.68. The molecule has 0 aliphatic carbocycles. The quantitative estimate of drug-likeness (QED) is 0.729. The van der Waals surface area contributed by atoms with Crippen molar-refractivity contribution in [3.8, 4) is 0 Å². The Labute approximate surface area is 175 Å². The Balaban J connectivity index is 1.80. The zero-order valence-corrected chi connectivity index (χ0v) is 17.4. The Morgan fingerprint density at radius 1 is 1.13 bits per heavy atom. The molecule has 1 aliphatic heterocycles. The number of carbonyl (C=O) groups is 2. The molecule has 7 nitrogen and oxygen atoms in total. The number of aryl methyl sites for hydroxylation is 1. The zero-order chi connectivity index (χ0) is 21.9. The minimum Gasteiger partial charge on any atom is -0.369 e. The highest BCUT2D eigenvalue weighted by atomic mass is 32.2. The van der Waals surface area contributed by atoms with Gasteiger partial charge in [0.2, 0.25) is 15.9 Å². The largest absolute Gasteiger partial charge is 0.369 e. The molecule has 0 atom stereocenters. The third-order valence-electron chi connectivity index (χ3n) is 5.29. The molecule has 0 saturated carbocycles. The van der Waals surface area contributed by atoms with Crippen LogP contribution in [0.4, 0.5) is 10.1 Å². The van der Waals surface area contributed by atoms with E-state index in [1.54, 1.807) is 12.1 Å². The van der Waals surface area contributed by atoms with Crippen molar-refractivity contribution >= 4 is 27.5 Å². The number of nitrogens with one attached hydrogen (secondary N) is 1. The number of anilines is 1. The molecule has 1 aliphatic rings. The first-order chi connectivity index (χ1) is 14.2. The summed E-state index contributed by atoms with van der Waals surface area (Å²) in [5, 5.41) is 2.68. The molecular formula is C21H24FN3O4S. The van der Waals surface area contributed by atoms with Crippen LogP contribution in [0.15, 0.2) is 47.4 Å². The van der Waals surface area contributed by atoms with Crippen LogP contribution in [0, 0.1) is 11.7 Å². The number of rotatable bonds is 6. The number of hydrogen-bond donors (Lipinski definition) is 2. The highest BCUT2D eigenvalue weighted by Gasteiger charge is 2.33. The maximum Gasteiger partial charge on any atom is 0.255 e. The van der Waals surface area contributed by atoms with Crippen molar-refractivity contribution in [2.45, 2.75) is 31.1 Å². The molecule has 0 spiro atoms. The summed E-state index contributed by atoms with van der Waals surface area (Å²) in [7, 11) is -4.15. The number of benzene rings is 2. The Bertz CT molecular complexity index is 1050. The van der Waals surface area contributed by atoms with Gasteiger partial charge in [-0.1, -0.05) is 19.1 Å². The summed E-state index contributed by atoms with van der Waals surface area (Å²) in [6, 6.07) is 10.5. The molecule has 2 amide bonds. The summed E-state index contributed by atoms with van der Waals surface area (Å²) in [5.41, 5.74) is 6.98. The Morgan fingerprint density at radius 3 is 2.33 bits per heavy atom. The molecule has 0 unspecified atom stereocenters. The van der Waals surface area contributed by atoms with Gasteiger partial charge in [0.1, 0.15) is 10.7 Å². The first kappa shape index (κ1) is 21.9. The number of nitrogens with two attached hydrogens (primary N) is 1. The molecule has 2 aromatic rings. The molecule has 3 rings (SSSR count). The number of nitrogens with zero attached hydrogens (tertiary/aromatic N) is 1. The van der Waals surface area contributed by atoms with Crippen molar-refractivity contribution in [3.05, 3.63) is 59.4 Å². The minimum atomic E-state index is -4.15. The lowest BCUT2D eigenvalue weighted by Crippen LogP contribution is -2.42. The predicted octanol–water partition coefficient (Wildman–Crippen LogP) is 2.53. The third-order valence-corrected chi connectivity index (χ3v) is 7.20. The van der Waals surface area contributed by atoms with Crippen LogP contribution >= 0.6 is 0 Å². The van der Waals surface area contributed by atoms with Crippen molar-refractivity contribution in [3.63, 3.8) is 0 Å². The van der Waals surface area contributed by atoms with Gasteiger partial charge in [0, 0.05) is 30.3 Å². The molecule has 1 fully saturated rings. The Morgan fingerprint density at radius 2 is 1.77 bits per heavy atom. The number of carbonyl (C=O) groups excluding carboxylic acids is 2. The molecule has 2 aromatic carbocycles. The SMILES string of the molecule is CCc1ccc(NC(=O)c2ccc(F)c(S(=O)(=O)N3CCC(C(N)=O)CC3)c2)cc1. The molecule has 0 radical (unpaired) electrons. The fourth-order valence-electron chi connectivity index (χ4n) is 3.39. The number of amides is 2. The molecule has 0 aromatic heterocycles. The number of sulfonamides is 1. The lowest BCUT2D eigenvalue weighted by molar-refractivity contribution is -0.122. The van der Waals surface area contributed by atoms with E-state index in [0.29, 0.717) is 5.69 Å². The summed E-state index contributed by atoms with van der Waals surface area (Å²) < 4.78 is 41.4. The van der Waals surface area contributed by atoms with E-state index >= 15 is 0 Å². The van der Waals surface area contributed by atoms with Gasteiger partial charge < -0.3 is 11.1 Å². The molecular weight excluding hydrogens is 409 g/mol. The smallest absolute Gasteiger partial charge is 0.255 e. The molecule has 30 heavy (non-hydrogen) atoms. The van der Waals surface area contributed by atoms with Crippen LogP contribution in [0.25, 0.3) is 0 Å². The molecule has 3 N–H and O–H groups in total. The van der Waals surface area contributed by atoms with E-state index in [-0.39, 0.29) is 31.5 Å². The van der Waals surface area contributed by atoms with E-state index in [4.69, 9.17) is 5.73 Å². The summed E-state index contributed by atoms with van der Waals surface area (Å²) in [6.07, 6.45) is 1.43. The van der Waals surface area contributed by atoms with Gasteiger partial charge in [0.15, 0.2) is 0 Å². The summed E-state index contributed by atoms with van der Waals surface area (Å²) in [5.74, 6) is -2.33. The fourth-order valence-corrected chi connectivity index (χ4v) is 4.95. The Hall–Kier alpha value is -2.78. The number of primary amides is 1. The van der Waals surface area contributed by atoms with Crippen molar-refractivity contribution < 1.29 is 22.4 Å². The van der Waals surface area contributed by atoms with Gasteiger partial charge in [-0.25, -0.2) is 12.8 Å². The van der Waals surface area contributed by atoms with Crippen LogP contribution in [0.2, 0.25) is 0 Å². The topological polar surface area (TPSA) is 110 Å². The predicted molar refractivity (Wildman–Crippen MR) is 111 cm³/mol. The monoisotopic (exact) mass is 433 g/mol. The zero-order valence-electron chi connectivity index (χ0n) is 16.6. The number of hydrogen-bond acceptors (Lipinski definition) is 4. The van der Waals surface area contributed by atoms with Crippen LogP contribution in [0.5, 0.6) is 0 Å². The fraction of sp³-hybridized carbons (Fsp3) is 0.333. The van der Waals surface area contributed by atoms with Crippen LogP contribution < -0.4 is 11.1 Å². The molecule has 160 valence electrons. The maximum absolute atomic E-state index is 14.4. The van der Waals surface area contributed by atoms with E-state index in [9.17, 15) is 22.4 Å². The van der Waals surface area contributed by atoms with Gasteiger partial charge in [-0.3, -0.25) is 9.59 Å². The van der Waals surface area contributed by atoms with Crippen LogP contribution in [-0.4, -0.2) is 37.6 Å². The normalized spacial score (nSPS) is 15.7. The summed E-state index contributed by atoms with van der Waals surface area (Å²) >= 11 is 0. The number of halogens is 1. The van der Waals surface area contributed by atoms with Gasteiger partial charge in [0.05, 0.1) is 0 Å². The second kappa shape index (κ2) is 8.93. The van der Waals surface area contributed by atoms with Crippen molar-refractivity contribution in [2.24, 2.45) is 11.7 Å². The van der Waals surface area contributed by atoms with Crippen molar-refractivity contribution in [2.75, 3.05) is 18.4 Å². The number of piperidine rings is 1. The minimum absolute atomic E-state index is 0.0292. The van der Waals surface area contributed by atoms with Gasteiger partial charge in [-0.05, 0) is 55.2 Å². The first-order valence-electron chi connectivity index (χ1n) is 9.71. The lowest BCUT2D eigenvalue weighted by atomic mass is 9.98. The molecule has 1 heterocycles. The molecule has 9 heteroatoms. The van der Waals surface area contributed by atoms with Gasteiger partial charge >= 0.3 is 0 Å². The lowest BCUT2D eigenvalue weighted by Gasteiger charge is -2.29. The standard InChI is InChI=1S/C21H24FN3O4S/c1-2-14-3-6-17(7-4-14)24-21(27)16-5-8-18(22)19(13-16)30(28,29)25-11-9-15(10-12-25)20(23)26/h3-8,13,15H,2,9-12H2,1H3,(H2,23,26)(H,24,27). The first-order valence-corrected chi connectivity index (χ1v) is 11.2. The van der Waals surface area contributed by atoms with Crippen LogP contribution in [0.1, 0.15) is 35.7 Å². The van der Waals surface area contributed by atoms with E-state index in [0.717, 1.165) is 28.4 Å². The van der Waals surface area contributed by atoms with Gasteiger partial charge in [-0.15, -0.1) is 0 Å². The second-order valence-electron chi connectivity index (χ2n) is 7.23. The van der Waals surface area contributed by atoms with E-state index in [2.05, 4.69) is 5.32 Å². The van der Waals surface area contributed by atoms with Crippen molar-refractivity contribution in [1.82, 2.24) is 4.31 Å². The van der Waals surface area contributed by atoms with Crippen molar-refractivity contribution in [1.29, 1.82) is 0 Å². The van der Waals surface area contributed by atoms with E-state index in [1.807, 2.05) is 19.1 Å². The summed E-state index contributed by atoms with van der Waals surface area (Å²) in [4.78, 5) is 23.3. The summed E-state index contributed by atoms with van der Waals surface area (Å²) in [6.45, 7) is 2.15. The Kier molecular flexibility index (Phi) is 6.52. The van der Waals surface area contributed by atoms with Crippen LogP contribution in [0.3, 0.4) is 0 Å².